The SMILES string of the molecule is Clc1nnn(C2CN3CCC2CC3)n1. The van der Waals surface area contributed by atoms with Gasteiger partial charge in [0.05, 0.1) is 6.04 Å². The Hall–Kier alpha value is -0.680. The molecule has 0 spiro atoms. The predicted octanol–water partition coefficient (Wildman–Crippen LogP) is 0.593. The fraction of sp³-hybridized carbons (Fsp3) is 0.875. The summed E-state index contributed by atoms with van der Waals surface area (Å²) in [4.78, 5) is 4.15. The first-order valence-corrected chi connectivity index (χ1v) is 5.38. The zero-order valence-corrected chi connectivity index (χ0v) is 8.56. The lowest BCUT2D eigenvalue weighted by Gasteiger charge is -2.43. The van der Waals surface area contributed by atoms with Crippen LogP contribution >= 0.6 is 11.6 Å². The van der Waals surface area contributed by atoms with Crippen molar-refractivity contribution in [2.75, 3.05) is 19.6 Å². The van der Waals surface area contributed by atoms with Gasteiger partial charge in [-0.1, -0.05) is 5.10 Å². The molecule has 5 nitrogen and oxygen atoms in total. The summed E-state index contributed by atoms with van der Waals surface area (Å²) in [6.45, 7) is 3.50. The molecule has 76 valence electrons. The summed E-state index contributed by atoms with van der Waals surface area (Å²) in [5.41, 5.74) is 0. The number of fused-ring (bicyclic) bond motifs is 3. The lowest BCUT2D eigenvalue weighted by atomic mass is 9.84. The summed E-state index contributed by atoms with van der Waals surface area (Å²) in [7, 11) is 0. The van der Waals surface area contributed by atoms with Crippen LogP contribution in [0.2, 0.25) is 5.28 Å². The molecular formula is C8H12ClN5. The molecule has 3 aliphatic heterocycles. The molecule has 1 atom stereocenters. The first-order chi connectivity index (χ1) is 6.83. The number of aromatic nitrogens is 4. The van der Waals surface area contributed by atoms with Gasteiger partial charge in [0.2, 0.25) is 0 Å². The third kappa shape index (κ3) is 1.31. The van der Waals surface area contributed by atoms with Crippen LogP contribution < -0.4 is 0 Å². The summed E-state index contributed by atoms with van der Waals surface area (Å²) in [6, 6.07) is 0.387. The van der Waals surface area contributed by atoms with Gasteiger partial charge in [0, 0.05) is 6.54 Å². The van der Waals surface area contributed by atoms with E-state index in [4.69, 9.17) is 11.6 Å². The molecule has 0 amide bonds. The van der Waals surface area contributed by atoms with E-state index in [0.29, 0.717) is 12.0 Å². The summed E-state index contributed by atoms with van der Waals surface area (Å²) < 4.78 is 0. The molecule has 1 unspecified atom stereocenters. The van der Waals surface area contributed by atoms with Gasteiger partial charge < -0.3 is 4.90 Å². The molecule has 0 aliphatic carbocycles. The van der Waals surface area contributed by atoms with Crippen molar-refractivity contribution in [2.24, 2.45) is 5.92 Å². The molecule has 4 heterocycles. The van der Waals surface area contributed by atoms with Crippen molar-refractivity contribution in [3.8, 4) is 0 Å². The van der Waals surface area contributed by atoms with Crippen LogP contribution in [-0.4, -0.2) is 44.7 Å². The van der Waals surface area contributed by atoms with E-state index in [-0.39, 0.29) is 5.28 Å². The average molecular weight is 214 g/mol. The third-order valence-electron chi connectivity index (χ3n) is 3.32. The van der Waals surface area contributed by atoms with Crippen molar-refractivity contribution >= 4 is 11.6 Å². The minimum Gasteiger partial charge on any atom is -0.301 e. The standard InChI is InChI=1S/C8H12ClN5/c9-8-10-12-14(11-8)7-5-13-3-1-6(7)2-4-13/h6-7H,1-5H2. The molecule has 0 saturated carbocycles. The fourth-order valence-electron chi connectivity index (χ4n) is 2.54. The van der Waals surface area contributed by atoms with Crippen LogP contribution in [-0.2, 0) is 0 Å². The Bertz CT molecular complexity index is 330. The molecule has 0 radical (unpaired) electrons. The maximum absolute atomic E-state index is 5.66. The average Bonchev–Trinajstić information content (AvgIpc) is 2.66. The number of hydrogen-bond donors (Lipinski definition) is 0. The molecule has 3 aliphatic rings. The Balaban J connectivity index is 1.85. The first-order valence-electron chi connectivity index (χ1n) is 5.00. The van der Waals surface area contributed by atoms with Crippen LogP contribution in [0.25, 0.3) is 0 Å². The number of halogens is 1. The number of rotatable bonds is 1. The second-order valence-corrected chi connectivity index (χ2v) is 4.42. The fourth-order valence-corrected chi connectivity index (χ4v) is 2.65. The van der Waals surface area contributed by atoms with Crippen molar-refractivity contribution in [3.05, 3.63) is 5.28 Å². The van der Waals surface area contributed by atoms with Crippen LogP contribution in [0.3, 0.4) is 0 Å². The van der Waals surface area contributed by atoms with Gasteiger partial charge in [-0.2, -0.15) is 4.80 Å². The minimum absolute atomic E-state index is 0.251. The van der Waals surface area contributed by atoms with E-state index < -0.39 is 0 Å². The summed E-state index contributed by atoms with van der Waals surface area (Å²) in [5, 5.41) is 12.0. The maximum Gasteiger partial charge on any atom is 0.264 e. The highest BCUT2D eigenvalue weighted by atomic mass is 35.5. The van der Waals surface area contributed by atoms with Crippen LogP contribution in [0.1, 0.15) is 18.9 Å². The van der Waals surface area contributed by atoms with Crippen LogP contribution in [0, 0.1) is 5.92 Å². The lowest BCUT2D eigenvalue weighted by Crippen LogP contribution is -2.48. The van der Waals surface area contributed by atoms with E-state index in [2.05, 4.69) is 20.3 Å². The molecule has 1 aromatic rings. The van der Waals surface area contributed by atoms with Crippen LogP contribution in [0.5, 0.6) is 0 Å². The predicted molar refractivity (Wildman–Crippen MR) is 51.0 cm³/mol. The highest BCUT2D eigenvalue weighted by Crippen LogP contribution is 2.34. The van der Waals surface area contributed by atoms with E-state index in [1.54, 1.807) is 4.80 Å². The van der Waals surface area contributed by atoms with Crippen LogP contribution in [0.15, 0.2) is 0 Å². The van der Waals surface area contributed by atoms with Gasteiger partial charge >= 0.3 is 0 Å². The van der Waals surface area contributed by atoms with E-state index in [0.717, 1.165) is 6.54 Å². The lowest BCUT2D eigenvalue weighted by molar-refractivity contribution is 0.0435. The Morgan fingerprint density at radius 3 is 2.57 bits per heavy atom. The van der Waals surface area contributed by atoms with Crippen molar-refractivity contribution in [1.82, 2.24) is 25.1 Å². The number of piperidine rings is 3. The van der Waals surface area contributed by atoms with Gasteiger partial charge in [0.25, 0.3) is 5.28 Å². The highest BCUT2D eigenvalue weighted by molar-refractivity contribution is 6.28. The van der Waals surface area contributed by atoms with E-state index >= 15 is 0 Å². The van der Waals surface area contributed by atoms with Crippen molar-refractivity contribution in [2.45, 2.75) is 18.9 Å². The van der Waals surface area contributed by atoms with Crippen molar-refractivity contribution < 1.29 is 0 Å². The number of tetrazole rings is 1. The molecule has 14 heavy (non-hydrogen) atoms. The van der Waals surface area contributed by atoms with Gasteiger partial charge in [-0.3, -0.25) is 0 Å². The summed E-state index contributed by atoms with van der Waals surface area (Å²) >= 11 is 5.66. The van der Waals surface area contributed by atoms with E-state index in [9.17, 15) is 0 Å². The summed E-state index contributed by atoms with van der Waals surface area (Å²) in [6.07, 6.45) is 2.51. The van der Waals surface area contributed by atoms with Gasteiger partial charge in [-0.05, 0) is 48.7 Å². The Morgan fingerprint density at radius 1 is 1.29 bits per heavy atom. The molecule has 3 fully saturated rings. The zero-order chi connectivity index (χ0) is 9.54. The second-order valence-electron chi connectivity index (χ2n) is 4.08. The zero-order valence-electron chi connectivity index (χ0n) is 7.80. The topological polar surface area (TPSA) is 46.8 Å². The Morgan fingerprint density at radius 2 is 2.07 bits per heavy atom. The third-order valence-corrected chi connectivity index (χ3v) is 3.47. The Labute approximate surface area is 87.0 Å². The second kappa shape index (κ2) is 3.17. The smallest absolute Gasteiger partial charge is 0.264 e. The minimum atomic E-state index is 0.251. The molecule has 4 rings (SSSR count). The van der Waals surface area contributed by atoms with Crippen LogP contribution in [0.4, 0.5) is 0 Å². The van der Waals surface area contributed by atoms with Gasteiger partial charge in [-0.15, -0.1) is 5.10 Å². The molecular weight excluding hydrogens is 202 g/mol. The van der Waals surface area contributed by atoms with Gasteiger partial charge in [-0.25, -0.2) is 0 Å². The molecule has 0 aromatic carbocycles. The quantitative estimate of drug-likeness (QED) is 0.685. The maximum atomic E-state index is 5.66. The monoisotopic (exact) mass is 213 g/mol. The molecule has 1 aromatic heterocycles. The molecule has 0 N–H and O–H groups in total. The Kier molecular flexibility index (Phi) is 1.95. The van der Waals surface area contributed by atoms with Crippen molar-refractivity contribution in [3.63, 3.8) is 0 Å². The first kappa shape index (κ1) is 8.61. The highest BCUT2D eigenvalue weighted by Gasteiger charge is 2.36. The molecule has 3 saturated heterocycles. The number of hydrogen-bond acceptors (Lipinski definition) is 4. The molecule has 6 heteroatoms. The van der Waals surface area contributed by atoms with E-state index in [1.807, 2.05) is 0 Å². The van der Waals surface area contributed by atoms with Crippen molar-refractivity contribution in [1.29, 1.82) is 0 Å². The van der Waals surface area contributed by atoms with Gasteiger partial charge in [0.15, 0.2) is 0 Å². The van der Waals surface area contributed by atoms with Gasteiger partial charge in [0.1, 0.15) is 0 Å². The molecule has 2 bridgehead atoms. The normalized spacial score (nSPS) is 36.2. The van der Waals surface area contributed by atoms with E-state index in [1.165, 1.54) is 25.9 Å². The number of nitrogens with zero attached hydrogens (tertiary/aromatic N) is 5. The largest absolute Gasteiger partial charge is 0.301 e. The summed E-state index contributed by atoms with van der Waals surface area (Å²) in [5.74, 6) is 0.713.